The van der Waals surface area contributed by atoms with Gasteiger partial charge in [-0.3, -0.25) is 0 Å². The number of rotatable bonds is 2. The Morgan fingerprint density at radius 3 is 2.71 bits per heavy atom. The van der Waals surface area contributed by atoms with Gasteiger partial charge in [-0.25, -0.2) is 0 Å². The molecule has 2 rings (SSSR count). The Kier molecular flexibility index (Phi) is 4.37. The summed E-state index contributed by atoms with van der Waals surface area (Å²) in [4.78, 5) is 0. The van der Waals surface area contributed by atoms with Crippen molar-refractivity contribution >= 4 is 23.0 Å². The molecule has 2 unspecified atom stereocenters. The number of nitrogens with one attached hydrogen (secondary N) is 2. The minimum absolute atomic E-state index is 0.544. The summed E-state index contributed by atoms with van der Waals surface area (Å²) in [6.45, 7) is 2.32. The van der Waals surface area contributed by atoms with Crippen LogP contribution in [-0.4, -0.2) is 11.2 Å². The van der Waals surface area contributed by atoms with E-state index in [2.05, 4.69) is 17.6 Å². The summed E-state index contributed by atoms with van der Waals surface area (Å²) in [5.41, 5.74) is 1.05. The van der Waals surface area contributed by atoms with Crippen molar-refractivity contribution in [2.24, 2.45) is 5.92 Å². The summed E-state index contributed by atoms with van der Waals surface area (Å²) in [6, 6.07) is 10.6. The first-order valence-corrected chi connectivity index (χ1v) is 6.77. The minimum atomic E-state index is 0.544. The molecule has 1 aromatic rings. The van der Waals surface area contributed by atoms with Crippen LogP contribution in [0.3, 0.4) is 0 Å². The number of thiocarbonyl (C=S) groups is 1. The number of anilines is 1. The number of benzene rings is 1. The fraction of sp³-hybridized carbons (Fsp3) is 0.500. The van der Waals surface area contributed by atoms with Crippen LogP contribution in [0.5, 0.6) is 0 Å². The Morgan fingerprint density at radius 2 is 2.00 bits per heavy atom. The van der Waals surface area contributed by atoms with E-state index in [1.165, 1.54) is 25.7 Å². The predicted molar refractivity (Wildman–Crippen MR) is 77.2 cm³/mol. The molecule has 3 heteroatoms. The molecule has 2 atom stereocenters. The van der Waals surface area contributed by atoms with Crippen LogP contribution in [0.1, 0.15) is 32.6 Å². The van der Waals surface area contributed by atoms with Crippen molar-refractivity contribution in [2.45, 2.75) is 38.6 Å². The van der Waals surface area contributed by atoms with Gasteiger partial charge in [0.05, 0.1) is 0 Å². The second-order valence-corrected chi connectivity index (χ2v) is 5.34. The monoisotopic (exact) mass is 248 g/mol. The molecule has 92 valence electrons. The summed E-state index contributed by atoms with van der Waals surface area (Å²) in [7, 11) is 0. The average molecular weight is 248 g/mol. The predicted octanol–water partition coefficient (Wildman–Crippen LogP) is 3.55. The molecule has 2 nitrogen and oxygen atoms in total. The van der Waals surface area contributed by atoms with Crippen LogP contribution in [0.15, 0.2) is 30.3 Å². The molecule has 0 spiro atoms. The molecule has 1 aliphatic carbocycles. The van der Waals surface area contributed by atoms with Crippen LogP contribution < -0.4 is 10.6 Å². The van der Waals surface area contributed by atoms with Gasteiger partial charge in [0, 0.05) is 11.7 Å². The van der Waals surface area contributed by atoms with E-state index in [1.807, 2.05) is 30.3 Å². The molecule has 17 heavy (non-hydrogen) atoms. The molecule has 0 radical (unpaired) electrons. The second-order valence-electron chi connectivity index (χ2n) is 4.93. The third-order valence-electron chi connectivity index (χ3n) is 3.30. The highest BCUT2D eigenvalue weighted by molar-refractivity contribution is 7.80. The van der Waals surface area contributed by atoms with Gasteiger partial charge in [0.15, 0.2) is 5.11 Å². The van der Waals surface area contributed by atoms with Crippen molar-refractivity contribution in [3.8, 4) is 0 Å². The maximum Gasteiger partial charge on any atom is 0.170 e. The van der Waals surface area contributed by atoms with Gasteiger partial charge in [0.2, 0.25) is 0 Å². The lowest BCUT2D eigenvalue weighted by atomic mass is 9.87. The van der Waals surface area contributed by atoms with Crippen LogP contribution in [-0.2, 0) is 0 Å². The maximum absolute atomic E-state index is 5.33. The van der Waals surface area contributed by atoms with Gasteiger partial charge in [-0.15, -0.1) is 0 Å². The van der Waals surface area contributed by atoms with Crippen molar-refractivity contribution < 1.29 is 0 Å². The van der Waals surface area contributed by atoms with Crippen molar-refractivity contribution in [1.29, 1.82) is 0 Å². The van der Waals surface area contributed by atoms with Crippen LogP contribution in [0.2, 0.25) is 0 Å². The van der Waals surface area contributed by atoms with E-state index < -0.39 is 0 Å². The summed E-state index contributed by atoms with van der Waals surface area (Å²) >= 11 is 5.33. The van der Waals surface area contributed by atoms with E-state index in [0.29, 0.717) is 6.04 Å². The highest BCUT2D eigenvalue weighted by atomic mass is 32.1. The number of para-hydroxylation sites is 1. The SMILES string of the molecule is CC1CCCC(NC(=S)Nc2ccccc2)C1. The fourth-order valence-corrected chi connectivity index (χ4v) is 2.72. The molecule has 1 aromatic carbocycles. The number of hydrogen-bond acceptors (Lipinski definition) is 1. The molecule has 0 heterocycles. The summed E-state index contributed by atoms with van der Waals surface area (Å²) < 4.78 is 0. The van der Waals surface area contributed by atoms with E-state index in [0.717, 1.165) is 16.7 Å². The molecule has 1 saturated carbocycles. The van der Waals surface area contributed by atoms with Crippen molar-refractivity contribution in [3.05, 3.63) is 30.3 Å². The standard InChI is InChI=1S/C14H20N2S/c1-11-6-5-9-13(10-11)16-14(17)15-12-7-3-2-4-8-12/h2-4,7-8,11,13H,5-6,9-10H2,1H3,(H2,15,16,17). The van der Waals surface area contributed by atoms with Crippen LogP contribution in [0.4, 0.5) is 5.69 Å². The van der Waals surface area contributed by atoms with Gasteiger partial charge in [-0.1, -0.05) is 38.0 Å². The van der Waals surface area contributed by atoms with E-state index in [9.17, 15) is 0 Å². The van der Waals surface area contributed by atoms with Crippen LogP contribution in [0, 0.1) is 5.92 Å². The molecular formula is C14H20N2S. The van der Waals surface area contributed by atoms with Crippen molar-refractivity contribution in [1.82, 2.24) is 5.32 Å². The molecule has 1 aliphatic rings. The average Bonchev–Trinajstić information content (AvgIpc) is 2.30. The third-order valence-corrected chi connectivity index (χ3v) is 3.52. The zero-order valence-corrected chi connectivity index (χ0v) is 11.1. The summed E-state index contributed by atoms with van der Waals surface area (Å²) in [5.74, 6) is 0.820. The van der Waals surface area contributed by atoms with Crippen molar-refractivity contribution in [3.63, 3.8) is 0 Å². The first-order chi connectivity index (χ1) is 8.24. The first kappa shape index (κ1) is 12.4. The van der Waals surface area contributed by atoms with Gasteiger partial charge >= 0.3 is 0 Å². The Morgan fingerprint density at radius 1 is 1.24 bits per heavy atom. The zero-order valence-electron chi connectivity index (χ0n) is 10.3. The van der Waals surface area contributed by atoms with E-state index in [-0.39, 0.29) is 0 Å². The van der Waals surface area contributed by atoms with Gasteiger partial charge in [0.25, 0.3) is 0 Å². The fourth-order valence-electron chi connectivity index (χ4n) is 2.44. The molecule has 1 fully saturated rings. The van der Waals surface area contributed by atoms with Gasteiger partial charge in [-0.05, 0) is 43.1 Å². The second kappa shape index (κ2) is 6.01. The topological polar surface area (TPSA) is 24.1 Å². The molecule has 0 saturated heterocycles. The van der Waals surface area contributed by atoms with E-state index >= 15 is 0 Å². The van der Waals surface area contributed by atoms with E-state index in [4.69, 9.17) is 12.2 Å². The normalized spacial score (nSPS) is 24.1. The quantitative estimate of drug-likeness (QED) is 0.783. The highest BCUT2D eigenvalue weighted by Crippen LogP contribution is 2.23. The Balaban J connectivity index is 1.81. The third kappa shape index (κ3) is 4.00. The van der Waals surface area contributed by atoms with Gasteiger partial charge in [-0.2, -0.15) is 0 Å². The molecule has 0 aromatic heterocycles. The molecule has 0 bridgehead atoms. The lowest BCUT2D eigenvalue weighted by molar-refractivity contribution is 0.327. The lowest BCUT2D eigenvalue weighted by Gasteiger charge is -2.28. The largest absolute Gasteiger partial charge is 0.360 e. The maximum atomic E-state index is 5.33. The lowest BCUT2D eigenvalue weighted by Crippen LogP contribution is -2.40. The Labute approximate surface area is 109 Å². The van der Waals surface area contributed by atoms with E-state index in [1.54, 1.807) is 0 Å². The molecule has 2 N–H and O–H groups in total. The van der Waals surface area contributed by atoms with Crippen LogP contribution in [0.25, 0.3) is 0 Å². The number of hydrogen-bond donors (Lipinski definition) is 2. The Hall–Kier alpha value is -1.09. The van der Waals surface area contributed by atoms with Gasteiger partial charge < -0.3 is 10.6 Å². The van der Waals surface area contributed by atoms with Gasteiger partial charge in [0.1, 0.15) is 0 Å². The summed E-state index contributed by atoms with van der Waals surface area (Å²) in [5, 5.41) is 7.39. The highest BCUT2D eigenvalue weighted by Gasteiger charge is 2.19. The van der Waals surface area contributed by atoms with Crippen molar-refractivity contribution in [2.75, 3.05) is 5.32 Å². The molecule has 0 amide bonds. The smallest absolute Gasteiger partial charge is 0.170 e. The van der Waals surface area contributed by atoms with Crippen LogP contribution >= 0.6 is 12.2 Å². The molecular weight excluding hydrogens is 228 g/mol. The minimum Gasteiger partial charge on any atom is -0.360 e. The summed E-state index contributed by atoms with van der Waals surface area (Å²) in [6.07, 6.45) is 5.14. The zero-order chi connectivity index (χ0) is 12.1. The Bertz CT molecular complexity index is 364. The molecule has 0 aliphatic heterocycles. The first-order valence-electron chi connectivity index (χ1n) is 6.36.